The second-order valence-electron chi connectivity index (χ2n) is 4.92. The first-order valence-electron chi connectivity index (χ1n) is 6.96. The Labute approximate surface area is 136 Å². The van der Waals surface area contributed by atoms with Gasteiger partial charge in [0.15, 0.2) is 0 Å². The van der Waals surface area contributed by atoms with Crippen molar-refractivity contribution in [1.29, 1.82) is 0 Å². The summed E-state index contributed by atoms with van der Waals surface area (Å²) in [6.07, 6.45) is 0.387. The highest BCUT2D eigenvalue weighted by molar-refractivity contribution is 5.44. The van der Waals surface area contributed by atoms with E-state index in [1.807, 2.05) is 0 Å². The molecule has 0 spiro atoms. The van der Waals surface area contributed by atoms with E-state index in [0.717, 1.165) is 17.8 Å². The van der Waals surface area contributed by atoms with Crippen LogP contribution >= 0.6 is 0 Å². The van der Waals surface area contributed by atoms with Crippen molar-refractivity contribution in [3.63, 3.8) is 0 Å². The highest BCUT2D eigenvalue weighted by Gasteiger charge is 2.30. The molecule has 0 fully saturated rings. The van der Waals surface area contributed by atoms with Crippen LogP contribution in [-0.2, 0) is 6.18 Å². The lowest BCUT2D eigenvalue weighted by Gasteiger charge is -2.08. The first-order valence-corrected chi connectivity index (χ1v) is 6.96. The van der Waals surface area contributed by atoms with Gasteiger partial charge in [0, 0.05) is 12.4 Å². The van der Waals surface area contributed by atoms with Gasteiger partial charge in [-0.05, 0) is 43.2 Å². The van der Waals surface area contributed by atoms with Crippen molar-refractivity contribution in [1.82, 2.24) is 19.7 Å². The van der Waals surface area contributed by atoms with E-state index >= 15 is 0 Å². The summed E-state index contributed by atoms with van der Waals surface area (Å²) in [7, 11) is 0. The molecular formula is C17H11F3N4. The Bertz CT molecular complexity index is 901. The monoisotopic (exact) mass is 328 g/mol. The number of alkyl halides is 3. The molecule has 0 bridgehead atoms. The highest BCUT2D eigenvalue weighted by Crippen LogP contribution is 2.29. The summed E-state index contributed by atoms with van der Waals surface area (Å²) < 4.78 is 39.4. The maximum atomic E-state index is 12.6. The van der Waals surface area contributed by atoms with E-state index in [-0.39, 0.29) is 0 Å². The SMILES string of the molecule is Cc1c(C#Cc2ncccn2)cnn1-c1ccc(C(F)(F)F)cc1. The highest BCUT2D eigenvalue weighted by atomic mass is 19.4. The van der Waals surface area contributed by atoms with Gasteiger partial charge in [0.2, 0.25) is 5.82 Å². The molecule has 0 aliphatic heterocycles. The van der Waals surface area contributed by atoms with Crippen molar-refractivity contribution < 1.29 is 13.2 Å². The van der Waals surface area contributed by atoms with Gasteiger partial charge in [-0.25, -0.2) is 14.6 Å². The van der Waals surface area contributed by atoms with Crippen LogP contribution in [0.15, 0.2) is 48.9 Å². The number of rotatable bonds is 1. The van der Waals surface area contributed by atoms with E-state index in [2.05, 4.69) is 26.9 Å². The second-order valence-corrected chi connectivity index (χ2v) is 4.92. The number of nitrogens with zero attached hydrogens (tertiary/aromatic N) is 4. The lowest BCUT2D eigenvalue weighted by molar-refractivity contribution is -0.137. The zero-order valence-corrected chi connectivity index (χ0v) is 12.5. The van der Waals surface area contributed by atoms with Crippen LogP contribution in [0, 0.1) is 18.8 Å². The van der Waals surface area contributed by atoms with Gasteiger partial charge in [-0.1, -0.05) is 5.92 Å². The molecule has 3 aromatic rings. The minimum atomic E-state index is -4.36. The van der Waals surface area contributed by atoms with Crippen LogP contribution in [0.4, 0.5) is 13.2 Å². The van der Waals surface area contributed by atoms with Gasteiger partial charge in [-0.2, -0.15) is 18.3 Å². The molecular weight excluding hydrogens is 317 g/mol. The van der Waals surface area contributed by atoms with Gasteiger partial charge in [-0.3, -0.25) is 0 Å². The molecule has 3 rings (SSSR count). The molecule has 7 heteroatoms. The standard InChI is InChI=1S/C17H11F3N4/c1-12-13(3-8-16-21-9-2-10-22-16)11-23-24(12)15-6-4-14(5-7-15)17(18,19)20/h2,4-7,9-11H,1H3. The van der Waals surface area contributed by atoms with Crippen LogP contribution in [0.2, 0.25) is 0 Å². The molecule has 2 heterocycles. The Hall–Kier alpha value is -3.14. The van der Waals surface area contributed by atoms with Crippen LogP contribution in [-0.4, -0.2) is 19.7 Å². The van der Waals surface area contributed by atoms with Crippen molar-refractivity contribution in [3.05, 3.63) is 71.6 Å². The Kier molecular flexibility index (Phi) is 4.04. The fourth-order valence-electron chi connectivity index (χ4n) is 2.07. The van der Waals surface area contributed by atoms with Crippen LogP contribution in [0.5, 0.6) is 0 Å². The Morgan fingerprint density at radius 2 is 1.67 bits per heavy atom. The first kappa shape index (κ1) is 15.7. The number of benzene rings is 1. The molecule has 0 amide bonds. The molecule has 0 atom stereocenters. The first-order chi connectivity index (χ1) is 11.4. The topological polar surface area (TPSA) is 43.6 Å². The number of aromatic nitrogens is 4. The summed E-state index contributed by atoms with van der Waals surface area (Å²) in [4.78, 5) is 8.01. The summed E-state index contributed by atoms with van der Waals surface area (Å²) in [5, 5.41) is 4.18. The maximum Gasteiger partial charge on any atom is 0.416 e. The predicted molar refractivity (Wildman–Crippen MR) is 81.3 cm³/mol. The normalized spacial score (nSPS) is 11.0. The zero-order chi connectivity index (χ0) is 17.2. The van der Waals surface area contributed by atoms with E-state index in [9.17, 15) is 13.2 Å². The van der Waals surface area contributed by atoms with Gasteiger partial charge >= 0.3 is 6.18 Å². The molecule has 2 aromatic heterocycles. The van der Waals surface area contributed by atoms with Crippen LogP contribution in [0.1, 0.15) is 22.6 Å². The summed E-state index contributed by atoms with van der Waals surface area (Å²) in [5.41, 5.74) is 1.21. The summed E-state index contributed by atoms with van der Waals surface area (Å²) in [6, 6.07) is 6.50. The molecule has 24 heavy (non-hydrogen) atoms. The van der Waals surface area contributed by atoms with Gasteiger partial charge in [0.25, 0.3) is 0 Å². The third-order valence-electron chi connectivity index (χ3n) is 3.32. The van der Waals surface area contributed by atoms with E-state index < -0.39 is 11.7 Å². The average molecular weight is 328 g/mol. The minimum absolute atomic E-state index is 0.388. The molecule has 0 radical (unpaired) electrons. The van der Waals surface area contributed by atoms with Gasteiger partial charge in [0.05, 0.1) is 28.7 Å². The number of halogens is 3. The van der Waals surface area contributed by atoms with Crippen molar-refractivity contribution >= 4 is 0 Å². The van der Waals surface area contributed by atoms with Crippen molar-refractivity contribution in [2.75, 3.05) is 0 Å². The lowest BCUT2D eigenvalue weighted by atomic mass is 10.2. The predicted octanol–water partition coefficient (Wildman–Crippen LogP) is 3.39. The zero-order valence-electron chi connectivity index (χ0n) is 12.5. The van der Waals surface area contributed by atoms with E-state index in [4.69, 9.17) is 0 Å². The van der Waals surface area contributed by atoms with E-state index in [1.165, 1.54) is 16.8 Å². The van der Waals surface area contributed by atoms with Crippen molar-refractivity contribution in [2.24, 2.45) is 0 Å². The third kappa shape index (κ3) is 3.27. The lowest BCUT2D eigenvalue weighted by Crippen LogP contribution is -2.05. The molecule has 0 aliphatic carbocycles. The maximum absolute atomic E-state index is 12.6. The van der Waals surface area contributed by atoms with Crippen molar-refractivity contribution in [3.8, 4) is 17.5 Å². The molecule has 1 aromatic carbocycles. The number of hydrogen-bond donors (Lipinski definition) is 0. The minimum Gasteiger partial charge on any atom is -0.237 e. The molecule has 0 aliphatic rings. The molecule has 0 unspecified atom stereocenters. The Morgan fingerprint density at radius 1 is 1.00 bits per heavy atom. The van der Waals surface area contributed by atoms with E-state index in [0.29, 0.717) is 17.1 Å². The molecule has 4 nitrogen and oxygen atoms in total. The Morgan fingerprint density at radius 3 is 2.29 bits per heavy atom. The molecule has 120 valence electrons. The third-order valence-corrected chi connectivity index (χ3v) is 3.32. The molecule has 0 N–H and O–H groups in total. The summed E-state index contributed by atoms with van der Waals surface area (Å²) in [6.45, 7) is 1.79. The fraction of sp³-hybridized carbons (Fsp3) is 0.118. The van der Waals surface area contributed by atoms with Crippen LogP contribution in [0.3, 0.4) is 0 Å². The largest absolute Gasteiger partial charge is 0.416 e. The molecule has 0 saturated carbocycles. The average Bonchev–Trinajstić information content (AvgIpc) is 2.94. The quantitative estimate of drug-likeness (QED) is 0.643. The summed E-state index contributed by atoms with van der Waals surface area (Å²) in [5.74, 6) is 6.13. The second kappa shape index (κ2) is 6.16. The Balaban J connectivity index is 1.89. The van der Waals surface area contributed by atoms with Gasteiger partial charge in [-0.15, -0.1) is 0 Å². The fourth-order valence-corrected chi connectivity index (χ4v) is 2.07. The van der Waals surface area contributed by atoms with Crippen LogP contribution < -0.4 is 0 Å². The number of hydrogen-bond acceptors (Lipinski definition) is 3. The summed E-state index contributed by atoms with van der Waals surface area (Å²) >= 11 is 0. The van der Waals surface area contributed by atoms with E-state index in [1.54, 1.807) is 31.6 Å². The smallest absolute Gasteiger partial charge is 0.237 e. The van der Waals surface area contributed by atoms with Gasteiger partial charge < -0.3 is 0 Å². The van der Waals surface area contributed by atoms with Crippen LogP contribution in [0.25, 0.3) is 5.69 Å². The molecule has 0 saturated heterocycles. The van der Waals surface area contributed by atoms with Crippen molar-refractivity contribution in [2.45, 2.75) is 13.1 Å². The van der Waals surface area contributed by atoms with Gasteiger partial charge in [0.1, 0.15) is 0 Å².